The maximum Gasteiger partial charge on any atom is 0.131 e. The third-order valence-electron chi connectivity index (χ3n) is 4.12. The lowest BCUT2D eigenvalue weighted by molar-refractivity contribution is 0.122. The predicted molar refractivity (Wildman–Crippen MR) is 92.8 cm³/mol. The molecule has 0 spiro atoms. The van der Waals surface area contributed by atoms with Gasteiger partial charge < -0.3 is 0 Å². The largest absolute Gasteiger partial charge is 0.296 e. The van der Waals surface area contributed by atoms with E-state index < -0.39 is 0 Å². The van der Waals surface area contributed by atoms with E-state index in [1.807, 2.05) is 20.0 Å². The Balaban J connectivity index is 1.53. The molecule has 2 aromatic rings. The van der Waals surface area contributed by atoms with Gasteiger partial charge in [-0.1, -0.05) is 23.2 Å². The summed E-state index contributed by atoms with van der Waals surface area (Å²) >= 11 is 14.0. The van der Waals surface area contributed by atoms with Gasteiger partial charge in [-0.25, -0.2) is 0 Å². The lowest BCUT2D eigenvalue weighted by atomic mass is 10.2. The summed E-state index contributed by atoms with van der Waals surface area (Å²) < 4.78 is 2.62. The van der Waals surface area contributed by atoms with Crippen molar-refractivity contribution in [1.82, 2.24) is 19.6 Å². The second kappa shape index (κ2) is 6.89. The summed E-state index contributed by atoms with van der Waals surface area (Å²) in [7, 11) is 1.89. The average Bonchev–Trinajstić information content (AvgIpc) is 2.99. The number of rotatable bonds is 4. The van der Waals surface area contributed by atoms with Crippen LogP contribution in [0.4, 0.5) is 0 Å². The monoisotopic (exact) mass is 358 g/mol. The summed E-state index contributed by atoms with van der Waals surface area (Å²) in [6.45, 7) is 8.18. The maximum atomic E-state index is 6.32. The molecule has 120 valence electrons. The number of thiophene rings is 1. The molecule has 1 aliphatic heterocycles. The molecule has 4 nitrogen and oxygen atoms in total. The van der Waals surface area contributed by atoms with Crippen LogP contribution in [0, 0.1) is 6.92 Å². The second-order valence-electron chi connectivity index (χ2n) is 5.74. The van der Waals surface area contributed by atoms with Crippen molar-refractivity contribution in [2.45, 2.75) is 20.0 Å². The van der Waals surface area contributed by atoms with Crippen LogP contribution >= 0.6 is 34.5 Å². The van der Waals surface area contributed by atoms with Gasteiger partial charge >= 0.3 is 0 Å². The smallest absolute Gasteiger partial charge is 0.131 e. The molecule has 0 radical (unpaired) electrons. The van der Waals surface area contributed by atoms with Gasteiger partial charge in [0.2, 0.25) is 0 Å². The lowest BCUT2D eigenvalue weighted by Crippen LogP contribution is -2.45. The van der Waals surface area contributed by atoms with Crippen LogP contribution in [-0.4, -0.2) is 45.8 Å². The average molecular weight is 359 g/mol. The molecule has 7 heteroatoms. The standard InChI is InChI=1S/C15H20Cl2N4S/c1-11-13(15(17)19(2)18-11)10-21-7-5-20(6-8-21)9-12-3-4-14(16)22-12/h3-4H,5-10H2,1-2H3. The van der Waals surface area contributed by atoms with E-state index in [9.17, 15) is 0 Å². The number of hydrogen-bond acceptors (Lipinski definition) is 4. The van der Waals surface area contributed by atoms with E-state index >= 15 is 0 Å². The van der Waals surface area contributed by atoms with Gasteiger partial charge in [0, 0.05) is 56.8 Å². The highest BCUT2D eigenvalue weighted by Gasteiger charge is 2.20. The molecule has 0 saturated carbocycles. The van der Waals surface area contributed by atoms with Crippen molar-refractivity contribution in [2.75, 3.05) is 26.2 Å². The molecule has 1 fully saturated rings. The molecule has 1 aliphatic rings. The van der Waals surface area contributed by atoms with Crippen LogP contribution in [0.5, 0.6) is 0 Å². The van der Waals surface area contributed by atoms with Gasteiger partial charge in [-0.2, -0.15) is 5.10 Å². The van der Waals surface area contributed by atoms with E-state index in [0.717, 1.165) is 60.0 Å². The summed E-state index contributed by atoms with van der Waals surface area (Å²) in [4.78, 5) is 6.27. The summed E-state index contributed by atoms with van der Waals surface area (Å²) in [6.07, 6.45) is 0. The van der Waals surface area contributed by atoms with Gasteiger partial charge in [-0.05, 0) is 19.1 Å². The van der Waals surface area contributed by atoms with Crippen molar-refractivity contribution >= 4 is 34.5 Å². The van der Waals surface area contributed by atoms with E-state index in [1.54, 1.807) is 16.0 Å². The predicted octanol–water partition coefficient (Wildman–Crippen LogP) is 3.41. The molecule has 0 N–H and O–H groups in total. The zero-order valence-electron chi connectivity index (χ0n) is 12.9. The van der Waals surface area contributed by atoms with E-state index in [-0.39, 0.29) is 0 Å². The van der Waals surface area contributed by atoms with Crippen molar-refractivity contribution in [3.05, 3.63) is 37.8 Å². The molecular formula is C15H20Cl2N4S. The third-order valence-corrected chi connectivity index (χ3v) is 5.81. The van der Waals surface area contributed by atoms with E-state index in [4.69, 9.17) is 23.2 Å². The van der Waals surface area contributed by atoms with E-state index in [2.05, 4.69) is 21.0 Å². The Morgan fingerprint density at radius 2 is 1.73 bits per heavy atom. The van der Waals surface area contributed by atoms with Gasteiger partial charge in [0.25, 0.3) is 0 Å². The number of aryl methyl sites for hydroxylation is 2. The van der Waals surface area contributed by atoms with Gasteiger partial charge in [0.15, 0.2) is 0 Å². The highest BCUT2D eigenvalue weighted by molar-refractivity contribution is 7.16. The molecule has 1 saturated heterocycles. The van der Waals surface area contributed by atoms with Crippen molar-refractivity contribution in [1.29, 1.82) is 0 Å². The number of nitrogens with zero attached hydrogens (tertiary/aromatic N) is 4. The summed E-state index contributed by atoms with van der Waals surface area (Å²) in [5, 5.41) is 5.14. The zero-order chi connectivity index (χ0) is 15.7. The molecule has 3 rings (SSSR count). The van der Waals surface area contributed by atoms with Crippen LogP contribution in [0.15, 0.2) is 12.1 Å². The minimum absolute atomic E-state index is 0.758. The van der Waals surface area contributed by atoms with Gasteiger partial charge in [0.1, 0.15) is 5.15 Å². The molecule has 0 aromatic carbocycles. The topological polar surface area (TPSA) is 24.3 Å². The number of piperazine rings is 1. The third kappa shape index (κ3) is 3.66. The first-order valence-electron chi connectivity index (χ1n) is 7.40. The van der Waals surface area contributed by atoms with E-state index in [1.165, 1.54) is 4.88 Å². The van der Waals surface area contributed by atoms with Gasteiger partial charge in [-0.3, -0.25) is 14.5 Å². The Hall–Kier alpha value is -0.590. The molecule has 3 heterocycles. The molecule has 0 atom stereocenters. The van der Waals surface area contributed by atoms with Crippen LogP contribution in [-0.2, 0) is 20.1 Å². The SMILES string of the molecule is Cc1nn(C)c(Cl)c1CN1CCN(Cc2ccc(Cl)s2)CC1. The van der Waals surface area contributed by atoms with Crippen LogP contribution in [0.1, 0.15) is 16.1 Å². The molecule has 0 amide bonds. The van der Waals surface area contributed by atoms with Crippen LogP contribution in [0.3, 0.4) is 0 Å². The first-order valence-corrected chi connectivity index (χ1v) is 8.97. The Labute approximate surface area is 145 Å². The van der Waals surface area contributed by atoms with E-state index in [0.29, 0.717) is 0 Å². The highest BCUT2D eigenvalue weighted by Crippen LogP contribution is 2.24. The van der Waals surface area contributed by atoms with Crippen LogP contribution < -0.4 is 0 Å². The number of aromatic nitrogens is 2. The normalized spacial score (nSPS) is 17.3. The zero-order valence-corrected chi connectivity index (χ0v) is 15.2. The molecular weight excluding hydrogens is 339 g/mol. The minimum atomic E-state index is 0.758. The van der Waals surface area contributed by atoms with Gasteiger partial charge in [0.05, 0.1) is 10.0 Å². The fourth-order valence-electron chi connectivity index (χ4n) is 2.84. The Kier molecular flexibility index (Phi) is 5.10. The fourth-order valence-corrected chi connectivity index (χ4v) is 4.20. The first-order chi connectivity index (χ1) is 10.5. The maximum absolute atomic E-state index is 6.32. The summed E-state index contributed by atoms with van der Waals surface area (Å²) in [5.74, 6) is 0. The minimum Gasteiger partial charge on any atom is -0.296 e. The second-order valence-corrected chi connectivity index (χ2v) is 7.89. The molecule has 0 aliphatic carbocycles. The first kappa shape index (κ1) is 16.3. The van der Waals surface area contributed by atoms with Crippen molar-refractivity contribution in [2.24, 2.45) is 7.05 Å². The lowest BCUT2D eigenvalue weighted by Gasteiger charge is -2.34. The van der Waals surface area contributed by atoms with Crippen molar-refractivity contribution in [3.63, 3.8) is 0 Å². The highest BCUT2D eigenvalue weighted by atomic mass is 35.5. The molecule has 22 heavy (non-hydrogen) atoms. The quantitative estimate of drug-likeness (QED) is 0.836. The number of hydrogen-bond donors (Lipinski definition) is 0. The number of halogens is 2. The van der Waals surface area contributed by atoms with Crippen molar-refractivity contribution in [3.8, 4) is 0 Å². The molecule has 0 bridgehead atoms. The summed E-state index contributed by atoms with van der Waals surface area (Å²) in [6, 6.07) is 4.10. The fraction of sp³-hybridized carbons (Fsp3) is 0.533. The van der Waals surface area contributed by atoms with Crippen LogP contribution in [0.2, 0.25) is 9.49 Å². The Morgan fingerprint density at radius 1 is 1.09 bits per heavy atom. The van der Waals surface area contributed by atoms with Crippen LogP contribution in [0.25, 0.3) is 0 Å². The van der Waals surface area contributed by atoms with Gasteiger partial charge in [-0.15, -0.1) is 11.3 Å². The summed E-state index contributed by atoms with van der Waals surface area (Å²) in [5.41, 5.74) is 2.19. The molecule has 0 unspecified atom stereocenters. The van der Waals surface area contributed by atoms with Crippen molar-refractivity contribution < 1.29 is 0 Å². The molecule has 2 aromatic heterocycles. The Morgan fingerprint density at radius 3 is 2.23 bits per heavy atom. The Bertz CT molecular complexity index is 644.